The summed E-state index contributed by atoms with van der Waals surface area (Å²) in [6.45, 7) is 1.87. The molecule has 2 rings (SSSR count). The van der Waals surface area contributed by atoms with Crippen molar-refractivity contribution < 1.29 is 4.79 Å². The van der Waals surface area contributed by atoms with Gasteiger partial charge in [0.2, 0.25) is 0 Å². The van der Waals surface area contributed by atoms with Gasteiger partial charge in [0.15, 0.2) is 0 Å². The van der Waals surface area contributed by atoms with Gasteiger partial charge in [0.1, 0.15) is 5.71 Å². The molecule has 0 aliphatic carbocycles. The van der Waals surface area contributed by atoms with Crippen molar-refractivity contribution in [2.75, 3.05) is 0 Å². The smallest absolute Gasteiger partial charge is 0.328 e. The van der Waals surface area contributed by atoms with Crippen molar-refractivity contribution in [1.82, 2.24) is 15.7 Å². The highest BCUT2D eigenvalue weighted by Crippen LogP contribution is 2.03. The normalized spacial score (nSPS) is 20.8. The molecule has 5 nitrogen and oxygen atoms in total. The van der Waals surface area contributed by atoms with E-state index in [-0.39, 0.29) is 12.1 Å². The van der Waals surface area contributed by atoms with E-state index in [1.54, 1.807) is 6.20 Å². The van der Waals surface area contributed by atoms with Crippen LogP contribution in [0, 0.1) is 0 Å². The van der Waals surface area contributed by atoms with Gasteiger partial charge in [0, 0.05) is 6.20 Å². The molecule has 0 fully saturated rings. The van der Waals surface area contributed by atoms with E-state index < -0.39 is 0 Å². The third-order valence-electron chi connectivity index (χ3n) is 1.96. The molecule has 0 saturated heterocycles. The first kappa shape index (κ1) is 8.68. The molecule has 1 aromatic heterocycles. The lowest BCUT2D eigenvalue weighted by Crippen LogP contribution is -2.48. The van der Waals surface area contributed by atoms with Crippen LogP contribution in [0.3, 0.4) is 0 Å². The number of carbonyl (C=O) groups excluding carboxylic acids is 1. The standard InChI is InChI=1S/C9H10N4O/c1-6-8(12-13-9(14)11-6)7-4-2-3-5-10-7/h2-6H,1H3,(H2,11,13,14). The number of hydrogen-bond donors (Lipinski definition) is 2. The van der Waals surface area contributed by atoms with Gasteiger partial charge in [-0.25, -0.2) is 10.2 Å². The first-order chi connectivity index (χ1) is 6.77. The summed E-state index contributed by atoms with van der Waals surface area (Å²) >= 11 is 0. The highest BCUT2D eigenvalue weighted by Gasteiger charge is 2.20. The van der Waals surface area contributed by atoms with Crippen LogP contribution in [0.5, 0.6) is 0 Å². The Hall–Kier alpha value is -1.91. The van der Waals surface area contributed by atoms with Crippen LogP contribution in [0.4, 0.5) is 4.79 Å². The van der Waals surface area contributed by atoms with Gasteiger partial charge in [-0.15, -0.1) is 0 Å². The molecule has 0 radical (unpaired) electrons. The molecule has 0 spiro atoms. The Balaban J connectivity index is 2.31. The van der Waals surface area contributed by atoms with Gasteiger partial charge in [-0.3, -0.25) is 4.98 Å². The largest absolute Gasteiger partial charge is 0.335 e. The van der Waals surface area contributed by atoms with E-state index in [0.29, 0.717) is 0 Å². The third kappa shape index (κ3) is 1.56. The number of carbonyl (C=O) groups is 1. The zero-order valence-corrected chi connectivity index (χ0v) is 7.69. The van der Waals surface area contributed by atoms with Gasteiger partial charge in [-0.1, -0.05) is 6.07 Å². The Morgan fingerprint density at radius 3 is 2.93 bits per heavy atom. The van der Waals surface area contributed by atoms with E-state index in [0.717, 1.165) is 11.4 Å². The molecule has 1 unspecified atom stereocenters. The number of hydrogen-bond acceptors (Lipinski definition) is 3. The van der Waals surface area contributed by atoms with Crippen molar-refractivity contribution in [1.29, 1.82) is 0 Å². The van der Waals surface area contributed by atoms with E-state index in [1.165, 1.54) is 0 Å². The van der Waals surface area contributed by atoms with Gasteiger partial charge >= 0.3 is 6.03 Å². The predicted octanol–water partition coefficient (Wildman–Crippen LogP) is 0.487. The van der Waals surface area contributed by atoms with E-state index >= 15 is 0 Å². The van der Waals surface area contributed by atoms with Gasteiger partial charge < -0.3 is 5.32 Å². The lowest BCUT2D eigenvalue weighted by molar-refractivity contribution is 0.238. The van der Waals surface area contributed by atoms with Crippen LogP contribution < -0.4 is 10.7 Å². The summed E-state index contributed by atoms with van der Waals surface area (Å²) in [5.41, 5.74) is 3.87. The second-order valence-corrected chi connectivity index (χ2v) is 3.02. The van der Waals surface area contributed by atoms with Crippen molar-refractivity contribution >= 4 is 11.7 Å². The van der Waals surface area contributed by atoms with E-state index in [4.69, 9.17) is 0 Å². The summed E-state index contributed by atoms with van der Waals surface area (Å²) in [4.78, 5) is 15.1. The summed E-state index contributed by atoms with van der Waals surface area (Å²) in [5, 5.41) is 6.66. The van der Waals surface area contributed by atoms with Gasteiger partial charge in [-0.2, -0.15) is 5.10 Å². The highest BCUT2D eigenvalue weighted by molar-refractivity contribution is 6.06. The molecule has 2 amide bonds. The maximum absolute atomic E-state index is 10.9. The lowest BCUT2D eigenvalue weighted by atomic mass is 10.1. The Kier molecular flexibility index (Phi) is 2.14. The average Bonchev–Trinajstić information content (AvgIpc) is 2.19. The van der Waals surface area contributed by atoms with Crippen molar-refractivity contribution in [3.63, 3.8) is 0 Å². The Labute approximate surface area is 81.2 Å². The van der Waals surface area contributed by atoms with Crippen LogP contribution >= 0.6 is 0 Å². The van der Waals surface area contributed by atoms with Crippen molar-refractivity contribution in [2.45, 2.75) is 13.0 Å². The molecule has 0 aromatic carbocycles. The molecular formula is C9H10N4O. The zero-order chi connectivity index (χ0) is 9.97. The van der Waals surface area contributed by atoms with Crippen LogP contribution in [0.15, 0.2) is 29.5 Å². The SMILES string of the molecule is CC1NC(=O)NN=C1c1ccccn1. The molecule has 2 N–H and O–H groups in total. The summed E-state index contributed by atoms with van der Waals surface area (Å²) in [6.07, 6.45) is 1.70. The zero-order valence-electron chi connectivity index (χ0n) is 7.69. The van der Waals surface area contributed by atoms with Crippen LogP contribution in [-0.4, -0.2) is 22.8 Å². The van der Waals surface area contributed by atoms with Gasteiger partial charge in [0.05, 0.1) is 11.7 Å². The van der Waals surface area contributed by atoms with Crippen LogP contribution in [0.25, 0.3) is 0 Å². The van der Waals surface area contributed by atoms with Crippen molar-refractivity contribution in [2.24, 2.45) is 5.10 Å². The fourth-order valence-electron chi connectivity index (χ4n) is 1.30. The first-order valence-corrected chi connectivity index (χ1v) is 4.33. The molecule has 72 valence electrons. The second-order valence-electron chi connectivity index (χ2n) is 3.02. The summed E-state index contributed by atoms with van der Waals surface area (Å²) in [6, 6.07) is 5.18. The van der Waals surface area contributed by atoms with Crippen LogP contribution in [0.2, 0.25) is 0 Å². The van der Waals surface area contributed by atoms with Crippen LogP contribution in [-0.2, 0) is 0 Å². The highest BCUT2D eigenvalue weighted by atomic mass is 16.2. The van der Waals surface area contributed by atoms with E-state index in [9.17, 15) is 4.79 Å². The molecule has 5 heteroatoms. The minimum atomic E-state index is -0.280. The molecule has 1 atom stereocenters. The molecule has 1 aromatic rings. The fraction of sp³-hybridized carbons (Fsp3) is 0.222. The third-order valence-corrected chi connectivity index (χ3v) is 1.96. The monoisotopic (exact) mass is 190 g/mol. The lowest BCUT2D eigenvalue weighted by Gasteiger charge is -2.20. The summed E-state index contributed by atoms with van der Waals surface area (Å²) in [5.74, 6) is 0. The topological polar surface area (TPSA) is 66.4 Å². The quantitative estimate of drug-likeness (QED) is 0.676. The van der Waals surface area contributed by atoms with Crippen LogP contribution in [0.1, 0.15) is 12.6 Å². The number of nitrogens with zero attached hydrogens (tertiary/aromatic N) is 2. The number of aromatic nitrogens is 1. The summed E-state index contributed by atoms with van der Waals surface area (Å²) < 4.78 is 0. The maximum Gasteiger partial charge on any atom is 0.335 e. The van der Waals surface area contributed by atoms with E-state index in [1.807, 2.05) is 25.1 Å². The number of hydrazone groups is 1. The number of urea groups is 1. The Morgan fingerprint density at radius 1 is 1.43 bits per heavy atom. The minimum Gasteiger partial charge on any atom is -0.328 e. The van der Waals surface area contributed by atoms with E-state index in [2.05, 4.69) is 20.8 Å². The first-order valence-electron chi connectivity index (χ1n) is 4.33. The second kappa shape index (κ2) is 3.45. The average molecular weight is 190 g/mol. The van der Waals surface area contributed by atoms with Gasteiger partial charge in [-0.05, 0) is 19.1 Å². The Morgan fingerprint density at radius 2 is 2.29 bits per heavy atom. The Bertz CT molecular complexity index is 374. The minimum absolute atomic E-state index is 0.112. The summed E-state index contributed by atoms with van der Waals surface area (Å²) in [7, 11) is 0. The van der Waals surface area contributed by atoms with Crippen molar-refractivity contribution in [3.05, 3.63) is 30.1 Å². The number of pyridine rings is 1. The molecule has 14 heavy (non-hydrogen) atoms. The maximum atomic E-state index is 10.9. The number of nitrogens with one attached hydrogen (secondary N) is 2. The molecule has 1 aliphatic rings. The van der Waals surface area contributed by atoms with Gasteiger partial charge in [0.25, 0.3) is 0 Å². The molecule has 2 heterocycles. The number of amides is 2. The molecule has 1 aliphatic heterocycles. The fourth-order valence-corrected chi connectivity index (χ4v) is 1.30. The molecule has 0 saturated carbocycles. The molecule has 0 bridgehead atoms. The van der Waals surface area contributed by atoms with Crippen molar-refractivity contribution in [3.8, 4) is 0 Å². The predicted molar refractivity (Wildman–Crippen MR) is 51.9 cm³/mol. The number of rotatable bonds is 1. The molecular weight excluding hydrogens is 180 g/mol.